The lowest BCUT2D eigenvalue weighted by Crippen LogP contribution is -2.25. The van der Waals surface area contributed by atoms with E-state index in [2.05, 4.69) is 25.4 Å². The molecule has 1 rings (SSSR count). The molecule has 0 aromatic rings. The largest absolute Gasteiger partial charge is 0.300 e. The predicted molar refractivity (Wildman–Crippen MR) is 51.3 cm³/mol. The molecule has 0 heterocycles. The van der Waals surface area contributed by atoms with Gasteiger partial charge in [-0.05, 0) is 31.7 Å². The summed E-state index contributed by atoms with van der Waals surface area (Å²) in [4.78, 5) is 0. The van der Waals surface area contributed by atoms with Crippen molar-refractivity contribution in [2.45, 2.75) is 31.8 Å². The molecule has 1 nitrogen and oxygen atoms in total. The van der Waals surface area contributed by atoms with Crippen LogP contribution < -0.4 is 5.09 Å². The molecule has 0 saturated heterocycles. The smallest absolute Gasteiger partial charge is 0.00951 e. The molecule has 1 N–H and O–H groups in total. The number of hydrogen-bond acceptors (Lipinski definition) is 1. The summed E-state index contributed by atoms with van der Waals surface area (Å²) in [7, 11) is 1.14. The Labute approximate surface area is 64.2 Å². The van der Waals surface area contributed by atoms with Crippen LogP contribution in [0.1, 0.15) is 26.2 Å². The average molecular weight is 159 g/mol. The Bertz CT molecular complexity index is 141. The van der Waals surface area contributed by atoms with Crippen molar-refractivity contribution in [2.24, 2.45) is 0 Å². The quantitative estimate of drug-likeness (QED) is 0.622. The molecule has 0 amide bonds. The average Bonchev–Trinajstić information content (AvgIpc) is 1.84. The van der Waals surface area contributed by atoms with E-state index in [0.717, 1.165) is 5.66 Å². The van der Waals surface area contributed by atoms with E-state index in [-0.39, 0.29) is 0 Å². The van der Waals surface area contributed by atoms with Crippen LogP contribution in [0.25, 0.3) is 0 Å². The lowest BCUT2D eigenvalue weighted by molar-refractivity contribution is 0.510. The van der Waals surface area contributed by atoms with Gasteiger partial charge in [-0.25, -0.2) is 0 Å². The van der Waals surface area contributed by atoms with Crippen LogP contribution in [0.2, 0.25) is 0 Å². The molecule has 0 aromatic carbocycles. The second-order valence-corrected chi connectivity index (χ2v) is 7.04. The van der Waals surface area contributed by atoms with Gasteiger partial charge in [0.2, 0.25) is 0 Å². The van der Waals surface area contributed by atoms with Crippen LogP contribution in [0.15, 0.2) is 0 Å². The molecule has 1 unspecified atom stereocenters. The highest BCUT2D eigenvalue weighted by atomic mass is 31.2. The van der Waals surface area contributed by atoms with E-state index >= 15 is 0 Å². The van der Waals surface area contributed by atoms with Gasteiger partial charge < -0.3 is 0 Å². The number of rotatable bonds is 3. The van der Waals surface area contributed by atoms with Crippen molar-refractivity contribution in [1.29, 1.82) is 0 Å². The van der Waals surface area contributed by atoms with Crippen molar-refractivity contribution in [3.63, 3.8) is 0 Å². The Hall–Kier alpha value is 0.260. The van der Waals surface area contributed by atoms with Crippen molar-refractivity contribution < 1.29 is 0 Å². The van der Waals surface area contributed by atoms with Crippen LogP contribution in [0.3, 0.4) is 0 Å². The molecule has 2 heteroatoms. The van der Waals surface area contributed by atoms with Gasteiger partial charge in [0.1, 0.15) is 0 Å². The van der Waals surface area contributed by atoms with Gasteiger partial charge in [0, 0.05) is 0 Å². The van der Waals surface area contributed by atoms with Crippen LogP contribution >= 0.6 is 7.04 Å². The van der Waals surface area contributed by atoms with Gasteiger partial charge >= 0.3 is 0 Å². The van der Waals surface area contributed by atoms with Gasteiger partial charge in [0.05, 0.1) is 0 Å². The van der Waals surface area contributed by atoms with E-state index in [1.165, 1.54) is 25.4 Å². The van der Waals surface area contributed by atoms with E-state index in [4.69, 9.17) is 0 Å². The summed E-state index contributed by atoms with van der Waals surface area (Å²) < 4.78 is 0. The summed E-state index contributed by atoms with van der Waals surface area (Å²) >= 11 is 0. The highest BCUT2D eigenvalue weighted by Crippen LogP contribution is 2.53. The van der Waals surface area contributed by atoms with Gasteiger partial charge in [-0.1, -0.05) is 26.7 Å². The topological polar surface area (TPSA) is 12.0 Å². The van der Waals surface area contributed by atoms with E-state index < -0.39 is 7.04 Å². The molecular weight excluding hydrogens is 141 g/mol. The fourth-order valence-electron chi connectivity index (χ4n) is 1.48. The summed E-state index contributed by atoms with van der Waals surface area (Å²) in [5, 5.41) is 3.43. The maximum absolute atomic E-state index is 4.33. The predicted octanol–water partition coefficient (Wildman–Crippen LogP) is 2.14. The fourth-order valence-corrected chi connectivity index (χ4v) is 4.03. The summed E-state index contributed by atoms with van der Waals surface area (Å²) in [6.45, 7) is 2.26. The van der Waals surface area contributed by atoms with Crippen molar-refractivity contribution in [3.8, 4) is 0 Å². The van der Waals surface area contributed by atoms with Crippen molar-refractivity contribution >= 4 is 13.3 Å². The molecule has 10 heavy (non-hydrogen) atoms. The summed E-state index contributed by atoms with van der Waals surface area (Å²) in [6, 6.07) is 0. The van der Waals surface area contributed by atoms with Crippen molar-refractivity contribution in [1.82, 2.24) is 5.09 Å². The molecule has 1 aliphatic carbocycles. The van der Waals surface area contributed by atoms with Gasteiger partial charge in [0.15, 0.2) is 0 Å². The first kappa shape index (κ1) is 8.36. The normalized spacial score (nSPS) is 25.4. The van der Waals surface area contributed by atoms with E-state index in [1.54, 1.807) is 0 Å². The van der Waals surface area contributed by atoms with Crippen LogP contribution in [-0.2, 0) is 0 Å². The Balaban J connectivity index is 2.54. The molecule has 1 saturated carbocycles. The van der Waals surface area contributed by atoms with Crippen LogP contribution in [0.4, 0.5) is 0 Å². The summed E-state index contributed by atoms with van der Waals surface area (Å²) in [6.07, 6.45) is 9.87. The second kappa shape index (κ2) is 3.11. The van der Waals surface area contributed by atoms with Gasteiger partial charge in [-0.2, -0.15) is 0 Å². The third-order valence-corrected chi connectivity index (χ3v) is 6.72. The van der Waals surface area contributed by atoms with Gasteiger partial charge in [-0.3, -0.25) is 5.09 Å². The maximum atomic E-state index is 4.33. The zero-order chi connectivity index (χ0) is 7.61. The maximum Gasteiger partial charge on any atom is -0.00951 e. The fraction of sp³-hybridized carbons (Fsp3) is 0.875. The Morgan fingerprint density at radius 2 is 2.20 bits per heavy atom. The molecule has 0 bridgehead atoms. The molecule has 0 spiro atoms. The van der Waals surface area contributed by atoms with Gasteiger partial charge in [-0.15, -0.1) is 0 Å². The van der Waals surface area contributed by atoms with Gasteiger partial charge in [0.25, 0.3) is 0 Å². The lowest BCUT2D eigenvalue weighted by Gasteiger charge is -2.38. The zero-order valence-corrected chi connectivity index (χ0v) is 7.95. The standard InChI is InChI=1S/C8H18NP/c1-4-10(3,9-2)8-6-5-7-8/h8-9H,3-7H2,1-2H3. The van der Waals surface area contributed by atoms with Crippen molar-refractivity contribution in [2.75, 3.05) is 13.2 Å². The van der Waals surface area contributed by atoms with Crippen LogP contribution in [-0.4, -0.2) is 25.2 Å². The summed E-state index contributed by atoms with van der Waals surface area (Å²) in [5.41, 5.74) is 0.947. The minimum absolute atomic E-state index is 0.935. The molecule has 1 aliphatic rings. The number of hydrogen-bond donors (Lipinski definition) is 1. The first-order valence-corrected chi connectivity index (χ1v) is 6.37. The van der Waals surface area contributed by atoms with Crippen LogP contribution in [0, 0.1) is 0 Å². The molecule has 60 valence electrons. The van der Waals surface area contributed by atoms with Crippen molar-refractivity contribution in [3.05, 3.63) is 0 Å². The molecule has 0 aliphatic heterocycles. The molecule has 0 aromatic heterocycles. The minimum atomic E-state index is -0.935. The first-order chi connectivity index (χ1) is 4.73. The second-order valence-electron chi connectivity index (χ2n) is 3.16. The number of nitrogens with one attached hydrogen (secondary N) is 1. The third kappa shape index (κ3) is 1.31. The van der Waals surface area contributed by atoms with Crippen LogP contribution in [0.5, 0.6) is 0 Å². The van der Waals surface area contributed by atoms with E-state index in [1.807, 2.05) is 0 Å². The van der Waals surface area contributed by atoms with E-state index in [0.29, 0.717) is 0 Å². The molecule has 0 radical (unpaired) electrons. The minimum Gasteiger partial charge on any atom is -0.300 e. The Morgan fingerprint density at radius 3 is 2.30 bits per heavy atom. The highest BCUT2D eigenvalue weighted by molar-refractivity contribution is 7.72. The Kier molecular flexibility index (Phi) is 2.60. The molecule has 1 atom stereocenters. The Morgan fingerprint density at radius 1 is 1.60 bits per heavy atom. The van der Waals surface area contributed by atoms with E-state index in [9.17, 15) is 0 Å². The summed E-state index contributed by atoms with van der Waals surface area (Å²) in [5.74, 6) is 0. The first-order valence-electron chi connectivity index (χ1n) is 4.14. The monoisotopic (exact) mass is 159 g/mol. The molecular formula is C8H18NP. The zero-order valence-electron chi connectivity index (χ0n) is 7.06. The SMILES string of the molecule is C=P(CC)(NC)C1CCC1. The highest BCUT2D eigenvalue weighted by Gasteiger charge is 2.27. The molecule has 1 fully saturated rings. The lowest BCUT2D eigenvalue weighted by atomic mass is 10.00. The third-order valence-electron chi connectivity index (χ3n) is 2.78.